The summed E-state index contributed by atoms with van der Waals surface area (Å²) >= 11 is 0. The second kappa shape index (κ2) is 10.7. The number of aryl methyl sites for hydroxylation is 1. The summed E-state index contributed by atoms with van der Waals surface area (Å²) < 4.78 is 5.58. The van der Waals surface area contributed by atoms with Crippen molar-refractivity contribution in [1.29, 1.82) is 0 Å². The van der Waals surface area contributed by atoms with Crippen LogP contribution in [0.1, 0.15) is 59.6 Å². The van der Waals surface area contributed by atoms with Crippen LogP contribution < -0.4 is 4.90 Å². The number of aliphatic imine (C=N–C) groups is 1. The number of benzene rings is 2. The van der Waals surface area contributed by atoms with E-state index in [1.165, 1.54) is 4.90 Å². The molecule has 2 aliphatic rings. The lowest BCUT2D eigenvalue weighted by Crippen LogP contribution is -2.32. The lowest BCUT2D eigenvalue weighted by molar-refractivity contribution is -0.121. The van der Waals surface area contributed by atoms with Crippen LogP contribution in [-0.4, -0.2) is 28.5 Å². The van der Waals surface area contributed by atoms with Gasteiger partial charge in [-0.1, -0.05) is 55.5 Å². The van der Waals surface area contributed by atoms with Crippen molar-refractivity contribution in [2.45, 2.75) is 47.1 Å². The SMILES string of the molecule is CCC1=C(C)/C(=C\c2[nH]c(C)c(C(=O)OCc3ccccc3)c2C)N=C1C1CC(=O)N(c2ccccc2)C1=O. The van der Waals surface area contributed by atoms with Gasteiger partial charge in [0.05, 0.1) is 28.6 Å². The highest BCUT2D eigenvalue weighted by Crippen LogP contribution is 2.37. The number of carbonyl (C=O) groups excluding carboxylic acids is 3. The van der Waals surface area contributed by atoms with Gasteiger partial charge in [-0.25, -0.2) is 9.69 Å². The van der Waals surface area contributed by atoms with Crippen LogP contribution in [0.3, 0.4) is 0 Å². The molecule has 2 aliphatic heterocycles. The zero-order valence-electron chi connectivity index (χ0n) is 22.6. The Kier molecular flexibility index (Phi) is 7.15. The minimum atomic E-state index is -0.622. The van der Waals surface area contributed by atoms with Gasteiger partial charge in [0.1, 0.15) is 6.61 Å². The largest absolute Gasteiger partial charge is 0.457 e. The summed E-state index contributed by atoms with van der Waals surface area (Å²) in [5.41, 5.74) is 7.56. The maximum absolute atomic E-state index is 13.4. The van der Waals surface area contributed by atoms with Crippen molar-refractivity contribution in [2.75, 3.05) is 4.90 Å². The van der Waals surface area contributed by atoms with Crippen molar-refractivity contribution in [2.24, 2.45) is 10.9 Å². The molecule has 1 saturated heterocycles. The number of carbonyl (C=O) groups is 3. The van der Waals surface area contributed by atoms with Gasteiger partial charge >= 0.3 is 5.97 Å². The van der Waals surface area contributed by atoms with Crippen LogP contribution in [0.25, 0.3) is 6.08 Å². The number of hydrogen-bond acceptors (Lipinski definition) is 5. The van der Waals surface area contributed by atoms with E-state index in [9.17, 15) is 14.4 Å². The van der Waals surface area contributed by atoms with Crippen LogP contribution in [-0.2, 0) is 20.9 Å². The number of amides is 2. The Bertz CT molecular complexity index is 1540. The predicted molar refractivity (Wildman–Crippen MR) is 151 cm³/mol. The number of nitrogens with zero attached hydrogens (tertiary/aromatic N) is 2. The van der Waals surface area contributed by atoms with E-state index in [4.69, 9.17) is 9.73 Å². The van der Waals surface area contributed by atoms with Gasteiger partial charge in [-0.05, 0) is 67.7 Å². The zero-order chi connectivity index (χ0) is 27.7. The van der Waals surface area contributed by atoms with Crippen molar-refractivity contribution < 1.29 is 19.1 Å². The number of H-pyrrole nitrogens is 1. The van der Waals surface area contributed by atoms with Crippen molar-refractivity contribution in [1.82, 2.24) is 4.98 Å². The summed E-state index contributed by atoms with van der Waals surface area (Å²) in [5, 5.41) is 0. The number of ether oxygens (including phenoxy) is 1. The molecule has 39 heavy (non-hydrogen) atoms. The smallest absolute Gasteiger partial charge is 0.340 e. The van der Waals surface area contributed by atoms with Crippen LogP contribution in [0.2, 0.25) is 0 Å². The molecule has 3 aromatic rings. The van der Waals surface area contributed by atoms with E-state index in [0.29, 0.717) is 34.8 Å². The van der Waals surface area contributed by atoms with E-state index in [1.54, 1.807) is 12.1 Å². The molecular formula is C32H31N3O4. The van der Waals surface area contributed by atoms with E-state index in [1.807, 2.05) is 82.3 Å². The highest BCUT2D eigenvalue weighted by molar-refractivity contribution is 6.30. The number of aromatic amines is 1. The molecule has 7 heteroatoms. The maximum Gasteiger partial charge on any atom is 0.340 e. The minimum absolute atomic E-state index is 0.0919. The molecule has 198 valence electrons. The summed E-state index contributed by atoms with van der Waals surface area (Å²) in [6.45, 7) is 7.93. The molecule has 0 aliphatic carbocycles. The first-order valence-electron chi connectivity index (χ1n) is 13.1. The molecule has 0 radical (unpaired) electrons. The third kappa shape index (κ3) is 4.88. The Hall–Kier alpha value is -4.52. The molecule has 5 rings (SSSR count). The summed E-state index contributed by atoms with van der Waals surface area (Å²) in [4.78, 5) is 48.7. The van der Waals surface area contributed by atoms with Crippen LogP contribution in [0.15, 0.2) is 82.5 Å². The van der Waals surface area contributed by atoms with Gasteiger partial charge in [-0.15, -0.1) is 0 Å². The average Bonchev–Trinajstić information content (AvgIpc) is 3.52. The number of rotatable bonds is 7. The van der Waals surface area contributed by atoms with Gasteiger partial charge in [-0.3, -0.25) is 14.6 Å². The molecule has 2 amide bonds. The molecule has 1 N–H and O–H groups in total. The van der Waals surface area contributed by atoms with Crippen LogP contribution in [0.4, 0.5) is 5.69 Å². The van der Waals surface area contributed by atoms with Crippen LogP contribution >= 0.6 is 0 Å². The lowest BCUT2D eigenvalue weighted by Gasteiger charge is -2.15. The number of imide groups is 1. The fourth-order valence-electron chi connectivity index (χ4n) is 5.35. The number of esters is 1. The highest BCUT2D eigenvalue weighted by Gasteiger charge is 2.44. The summed E-state index contributed by atoms with van der Waals surface area (Å²) in [5.74, 6) is -1.48. The fourth-order valence-corrected chi connectivity index (χ4v) is 5.35. The van der Waals surface area contributed by atoms with Gasteiger partial charge in [0.15, 0.2) is 0 Å². The van der Waals surface area contributed by atoms with E-state index < -0.39 is 5.92 Å². The zero-order valence-corrected chi connectivity index (χ0v) is 22.6. The fraction of sp³-hybridized carbons (Fsp3) is 0.250. The molecule has 0 saturated carbocycles. The molecule has 1 atom stereocenters. The first-order valence-corrected chi connectivity index (χ1v) is 13.1. The van der Waals surface area contributed by atoms with E-state index in [2.05, 4.69) is 4.98 Å². The molecular weight excluding hydrogens is 490 g/mol. The van der Waals surface area contributed by atoms with Gasteiger partial charge in [0.2, 0.25) is 11.8 Å². The number of hydrogen-bond donors (Lipinski definition) is 1. The monoisotopic (exact) mass is 521 g/mol. The molecule has 2 aromatic carbocycles. The minimum Gasteiger partial charge on any atom is -0.457 e. The number of aromatic nitrogens is 1. The standard InChI is InChI=1S/C32H31N3O4/c1-5-24-19(2)26(34-30(24)25-16-28(36)35(31(25)37)23-14-10-7-11-15-23)17-27-20(3)29(21(4)33-27)32(38)39-18-22-12-8-6-9-13-22/h6-15,17,25,33H,5,16,18H2,1-4H3/b26-17+. The molecule has 3 heterocycles. The molecule has 0 spiro atoms. The van der Waals surface area contributed by atoms with Gasteiger partial charge in [-0.2, -0.15) is 0 Å². The van der Waals surface area contributed by atoms with Gasteiger partial charge < -0.3 is 9.72 Å². The Labute approximate surface area is 227 Å². The van der Waals surface area contributed by atoms with Crippen molar-refractivity contribution in [3.63, 3.8) is 0 Å². The van der Waals surface area contributed by atoms with E-state index in [0.717, 1.165) is 28.0 Å². The quantitative estimate of drug-likeness (QED) is 0.301. The second-order valence-corrected chi connectivity index (χ2v) is 9.87. The van der Waals surface area contributed by atoms with E-state index >= 15 is 0 Å². The normalized spacial score (nSPS) is 18.4. The number of anilines is 1. The number of nitrogens with one attached hydrogen (secondary N) is 1. The third-order valence-electron chi connectivity index (χ3n) is 7.41. The topological polar surface area (TPSA) is 91.8 Å². The van der Waals surface area contributed by atoms with Crippen LogP contribution in [0.5, 0.6) is 0 Å². The predicted octanol–water partition coefficient (Wildman–Crippen LogP) is 6.09. The Morgan fingerprint density at radius 3 is 2.38 bits per heavy atom. The van der Waals surface area contributed by atoms with Gasteiger partial charge in [0.25, 0.3) is 0 Å². The Morgan fingerprint density at radius 1 is 1.05 bits per heavy atom. The average molecular weight is 522 g/mol. The number of para-hydroxylation sites is 1. The summed E-state index contributed by atoms with van der Waals surface area (Å²) in [6.07, 6.45) is 2.68. The van der Waals surface area contributed by atoms with Crippen LogP contribution in [0, 0.1) is 19.8 Å². The third-order valence-corrected chi connectivity index (χ3v) is 7.41. The van der Waals surface area contributed by atoms with E-state index in [-0.39, 0.29) is 30.8 Å². The van der Waals surface area contributed by atoms with Gasteiger partial charge in [0, 0.05) is 17.8 Å². The molecule has 7 nitrogen and oxygen atoms in total. The molecule has 1 fully saturated rings. The lowest BCUT2D eigenvalue weighted by atomic mass is 9.92. The maximum atomic E-state index is 13.4. The van der Waals surface area contributed by atoms with Crippen molar-refractivity contribution >= 4 is 35.3 Å². The Balaban J connectivity index is 1.42. The molecule has 1 unspecified atom stereocenters. The summed E-state index contributed by atoms with van der Waals surface area (Å²) in [7, 11) is 0. The second-order valence-electron chi connectivity index (χ2n) is 9.87. The van der Waals surface area contributed by atoms with Crippen molar-refractivity contribution in [3.8, 4) is 0 Å². The first-order chi connectivity index (χ1) is 18.8. The van der Waals surface area contributed by atoms with Crippen molar-refractivity contribution in [3.05, 3.63) is 106 Å². The molecule has 0 bridgehead atoms. The molecule has 1 aromatic heterocycles. The highest BCUT2D eigenvalue weighted by atomic mass is 16.5. The number of allylic oxidation sites excluding steroid dienone is 2. The Morgan fingerprint density at radius 2 is 1.72 bits per heavy atom. The summed E-state index contributed by atoms with van der Waals surface area (Å²) in [6, 6.07) is 18.6. The first kappa shape index (κ1) is 26.1.